The minimum atomic E-state index is 0.671. The van der Waals surface area contributed by atoms with E-state index in [0.29, 0.717) is 12.0 Å². The number of nitrogens with zero attached hydrogens (tertiary/aromatic N) is 2. The monoisotopic (exact) mass is 298 g/mol. The van der Waals surface area contributed by atoms with Gasteiger partial charge in [-0.3, -0.25) is 4.90 Å². The van der Waals surface area contributed by atoms with Crippen molar-refractivity contribution >= 4 is 0 Å². The Kier molecular flexibility index (Phi) is 3.95. The lowest BCUT2D eigenvalue weighted by molar-refractivity contribution is 0.156. The average Bonchev–Trinajstić information content (AvgIpc) is 3.08. The molecule has 1 unspecified atom stereocenters. The third-order valence-corrected chi connectivity index (χ3v) is 4.53. The molecule has 0 radical (unpaired) electrons. The lowest BCUT2D eigenvalue weighted by Gasteiger charge is -2.23. The molecule has 0 bridgehead atoms. The van der Waals surface area contributed by atoms with Crippen LogP contribution in [-0.2, 0) is 11.3 Å². The Labute approximate surface area is 131 Å². The minimum absolute atomic E-state index is 0.671. The Hall–Kier alpha value is -1.65. The first-order valence-electron chi connectivity index (χ1n) is 8.20. The summed E-state index contributed by atoms with van der Waals surface area (Å²) in [7, 11) is 0. The van der Waals surface area contributed by atoms with Crippen LogP contribution in [0.5, 0.6) is 0 Å². The van der Waals surface area contributed by atoms with Gasteiger partial charge in [-0.15, -0.1) is 0 Å². The van der Waals surface area contributed by atoms with E-state index in [9.17, 15) is 0 Å². The normalized spacial score (nSPS) is 21.6. The molecule has 1 atom stereocenters. The standard InChI is InChI=1S/C18H22N2O2/c1-2-4-15(5-3-1)17-10-19-18(22-17)12-20(16-6-7-16)11-14-8-9-21-13-14/h1-5,10,14,16H,6-9,11-13H2. The Morgan fingerprint density at radius 3 is 2.73 bits per heavy atom. The first-order valence-corrected chi connectivity index (χ1v) is 8.20. The van der Waals surface area contributed by atoms with E-state index in [2.05, 4.69) is 22.0 Å². The highest BCUT2D eigenvalue weighted by Gasteiger charge is 2.32. The van der Waals surface area contributed by atoms with Gasteiger partial charge < -0.3 is 9.15 Å². The van der Waals surface area contributed by atoms with Crippen LogP contribution in [0.4, 0.5) is 0 Å². The fraction of sp³-hybridized carbons (Fsp3) is 0.500. The zero-order chi connectivity index (χ0) is 14.8. The molecule has 2 aromatic rings. The highest BCUT2D eigenvalue weighted by Crippen LogP contribution is 2.31. The molecule has 0 N–H and O–H groups in total. The number of ether oxygens (including phenoxy) is 1. The summed E-state index contributed by atoms with van der Waals surface area (Å²) in [6.45, 7) is 3.74. The second kappa shape index (κ2) is 6.23. The van der Waals surface area contributed by atoms with Crippen molar-refractivity contribution in [2.24, 2.45) is 5.92 Å². The quantitative estimate of drug-likeness (QED) is 0.820. The van der Waals surface area contributed by atoms with Crippen LogP contribution in [-0.4, -0.2) is 35.7 Å². The molecule has 22 heavy (non-hydrogen) atoms. The van der Waals surface area contributed by atoms with E-state index in [1.54, 1.807) is 0 Å². The fourth-order valence-corrected chi connectivity index (χ4v) is 3.13. The van der Waals surface area contributed by atoms with Gasteiger partial charge in [0.15, 0.2) is 5.76 Å². The molecule has 2 fully saturated rings. The number of rotatable bonds is 6. The lowest BCUT2D eigenvalue weighted by atomic mass is 10.1. The van der Waals surface area contributed by atoms with Crippen LogP contribution in [0.25, 0.3) is 11.3 Å². The number of aromatic nitrogens is 1. The molecule has 1 saturated heterocycles. The summed E-state index contributed by atoms with van der Waals surface area (Å²) in [6.07, 6.45) is 5.64. The molecular weight excluding hydrogens is 276 g/mol. The smallest absolute Gasteiger partial charge is 0.209 e. The molecule has 2 heterocycles. The van der Waals surface area contributed by atoms with Gasteiger partial charge in [0.1, 0.15) is 0 Å². The van der Waals surface area contributed by atoms with Gasteiger partial charge in [-0.1, -0.05) is 30.3 Å². The van der Waals surface area contributed by atoms with Crippen molar-refractivity contribution < 1.29 is 9.15 Å². The van der Waals surface area contributed by atoms with Crippen molar-refractivity contribution in [3.05, 3.63) is 42.4 Å². The fourth-order valence-electron chi connectivity index (χ4n) is 3.13. The Morgan fingerprint density at radius 1 is 1.14 bits per heavy atom. The van der Waals surface area contributed by atoms with Crippen LogP contribution in [0.3, 0.4) is 0 Å². The first-order chi connectivity index (χ1) is 10.9. The predicted molar refractivity (Wildman–Crippen MR) is 84.3 cm³/mol. The molecule has 116 valence electrons. The average molecular weight is 298 g/mol. The third-order valence-electron chi connectivity index (χ3n) is 4.53. The summed E-state index contributed by atoms with van der Waals surface area (Å²) in [5.74, 6) is 2.35. The van der Waals surface area contributed by atoms with Crippen molar-refractivity contribution in [3.8, 4) is 11.3 Å². The summed E-state index contributed by atoms with van der Waals surface area (Å²) >= 11 is 0. The maximum Gasteiger partial charge on any atom is 0.209 e. The van der Waals surface area contributed by atoms with Crippen LogP contribution >= 0.6 is 0 Å². The summed E-state index contributed by atoms with van der Waals surface area (Å²) in [4.78, 5) is 7.01. The maximum atomic E-state index is 5.96. The zero-order valence-electron chi connectivity index (χ0n) is 12.8. The maximum absolute atomic E-state index is 5.96. The van der Waals surface area contributed by atoms with Gasteiger partial charge in [0.2, 0.25) is 5.89 Å². The second-order valence-electron chi connectivity index (χ2n) is 6.37. The number of oxazole rings is 1. The van der Waals surface area contributed by atoms with Crippen LogP contribution in [0.1, 0.15) is 25.2 Å². The molecule has 0 spiro atoms. The van der Waals surface area contributed by atoms with Gasteiger partial charge in [0, 0.05) is 24.8 Å². The van der Waals surface area contributed by atoms with Crippen LogP contribution in [0, 0.1) is 5.92 Å². The van der Waals surface area contributed by atoms with E-state index in [-0.39, 0.29) is 0 Å². The first kappa shape index (κ1) is 14.0. The summed E-state index contributed by atoms with van der Waals surface area (Å²) in [5, 5.41) is 0. The highest BCUT2D eigenvalue weighted by atomic mass is 16.5. The largest absolute Gasteiger partial charge is 0.439 e. The topological polar surface area (TPSA) is 38.5 Å². The highest BCUT2D eigenvalue weighted by molar-refractivity contribution is 5.55. The van der Waals surface area contributed by atoms with E-state index in [4.69, 9.17) is 9.15 Å². The van der Waals surface area contributed by atoms with Gasteiger partial charge in [-0.2, -0.15) is 0 Å². The molecule has 2 aliphatic rings. The predicted octanol–water partition coefficient (Wildman–Crippen LogP) is 3.34. The third kappa shape index (κ3) is 3.23. The molecule has 0 amide bonds. The lowest BCUT2D eigenvalue weighted by Crippen LogP contribution is -2.31. The Morgan fingerprint density at radius 2 is 2.00 bits per heavy atom. The van der Waals surface area contributed by atoms with Crippen LogP contribution in [0.15, 0.2) is 40.9 Å². The molecular formula is C18H22N2O2. The van der Waals surface area contributed by atoms with E-state index in [0.717, 1.165) is 43.5 Å². The van der Waals surface area contributed by atoms with Crippen molar-refractivity contribution in [2.75, 3.05) is 19.8 Å². The van der Waals surface area contributed by atoms with Gasteiger partial charge in [0.25, 0.3) is 0 Å². The van der Waals surface area contributed by atoms with Crippen molar-refractivity contribution in [1.29, 1.82) is 0 Å². The molecule has 1 aromatic heterocycles. The number of benzene rings is 1. The Balaban J connectivity index is 1.43. The van der Waals surface area contributed by atoms with Gasteiger partial charge in [-0.05, 0) is 25.2 Å². The molecule has 4 rings (SSSR count). The molecule has 1 aliphatic heterocycles. The summed E-state index contributed by atoms with van der Waals surface area (Å²) in [5.41, 5.74) is 1.09. The van der Waals surface area contributed by atoms with Gasteiger partial charge in [-0.25, -0.2) is 4.98 Å². The Bertz CT molecular complexity index is 601. The van der Waals surface area contributed by atoms with Crippen molar-refractivity contribution in [3.63, 3.8) is 0 Å². The summed E-state index contributed by atoms with van der Waals surface area (Å²) < 4.78 is 11.5. The number of hydrogen-bond acceptors (Lipinski definition) is 4. The van der Waals surface area contributed by atoms with Crippen LogP contribution < -0.4 is 0 Å². The van der Waals surface area contributed by atoms with Gasteiger partial charge in [0.05, 0.1) is 19.3 Å². The van der Waals surface area contributed by atoms with Crippen molar-refractivity contribution in [2.45, 2.75) is 31.8 Å². The minimum Gasteiger partial charge on any atom is -0.439 e. The van der Waals surface area contributed by atoms with E-state index in [1.165, 1.54) is 19.3 Å². The molecule has 4 heteroatoms. The number of hydrogen-bond donors (Lipinski definition) is 0. The van der Waals surface area contributed by atoms with E-state index < -0.39 is 0 Å². The van der Waals surface area contributed by atoms with Crippen molar-refractivity contribution in [1.82, 2.24) is 9.88 Å². The van der Waals surface area contributed by atoms with E-state index >= 15 is 0 Å². The van der Waals surface area contributed by atoms with Gasteiger partial charge >= 0.3 is 0 Å². The van der Waals surface area contributed by atoms with E-state index in [1.807, 2.05) is 24.4 Å². The zero-order valence-corrected chi connectivity index (χ0v) is 12.8. The molecule has 1 aromatic carbocycles. The molecule has 4 nitrogen and oxygen atoms in total. The SMILES string of the molecule is c1ccc(-c2cnc(CN(CC3CCOC3)C3CC3)o2)cc1. The summed E-state index contributed by atoms with van der Waals surface area (Å²) in [6, 6.07) is 10.9. The molecule has 1 saturated carbocycles. The second-order valence-corrected chi connectivity index (χ2v) is 6.37. The van der Waals surface area contributed by atoms with Crippen LogP contribution in [0.2, 0.25) is 0 Å². The molecule has 1 aliphatic carbocycles.